The Bertz CT molecular complexity index is 357. The first-order chi connectivity index (χ1) is 7.76. The van der Waals surface area contributed by atoms with Gasteiger partial charge in [0, 0.05) is 17.8 Å². The third kappa shape index (κ3) is 4.22. The zero-order valence-electron chi connectivity index (χ0n) is 9.86. The van der Waals surface area contributed by atoms with Gasteiger partial charge in [-0.2, -0.15) is 5.26 Å². The Kier molecular flexibility index (Phi) is 5.21. The predicted octanol–water partition coefficient (Wildman–Crippen LogP) is 3.19. The lowest BCUT2D eigenvalue weighted by atomic mass is 10.2. The van der Waals surface area contributed by atoms with Crippen molar-refractivity contribution in [2.24, 2.45) is 0 Å². The normalized spacial score (nSPS) is 11.6. The summed E-state index contributed by atoms with van der Waals surface area (Å²) in [5, 5.41) is 11.8. The van der Waals surface area contributed by atoms with Crippen LogP contribution < -0.4 is 10.1 Å². The average Bonchev–Trinajstić information content (AvgIpc) is 2.27. The number of nitrogens with one attached hydrogen (secondary N) is 1. The van der Waals surface area contributed by atoms with Crippen molar-refractivity contribution >= 4 is 5.69 Å². The summed E-state index contributed by atoms with van der Waals surface area (Å²) in [7, 11) is 0. The molecule has 3 heteroatoms. The molecule has 0 amide bonds. The van der Waals surface area contributed by atoms with Crippen LogP contribution in [-0.2, 0) is 0 Å². The monoisotopic (exact) mass is 218 g/mol. The van der Waals surface area contributed by atoms with Gasteiger partial charge in [0.25, 0.3) is 0 Å². The number of hydrogen-bond donors (Lipinski definition) is 1. The molecule has 0 aromatic heterocycles. The van der Waals surface area contributed by atoms with Gasteiger partial charge in [0.2, 0.25) is 0 Å². The molecule has 0 aliphatic heterocycles. The molecule has 0 saturated heterocycles. The van der Waals surface area contributed by atoms with Gasteiger partial charge in [-0.05, 0) is 25.5 Å². The van der Waals surface area contributed by atoms with Crippen LogP contribution in [0.1, 0.15) is 26.7 Å². The van der Waals surface area contributed by atoms with Crippen LogP contribution in [0.25, 0.3) is 0 Å². The fraction of sp³-hybridized carbons (Fsp3) is 0.462. The largest absolute Gasteiger partial charge is 0.479 e. The number of ether oxygens (including phenoxy) is 1. The molecule has 0 radical (unpaired) electrons. The third-order valence-corrected chi connectivity index (χ3v) is 2.27. The highest BCUT2D eigenvalue weighted by Gasteiger charge is 2.01. The van der Waals surface area contributed by atoms with Crippen LogP contribution in [0.5, 0.6) is 5.75 Å². The van der Waals surface area contributed by atoms with Crippen molar-refractivity contribution in [3.05, 3.63) is 24.3 Å². The van der Waals surface area contributed by atoms with Crippen molar-refractivity contribution in [2.45, 2.75) is 32.7 Å². The summed E-state index contributed by atoms with van der Waals surface area (Å²) in [6.07, 6.45) is 2.31. The molecular weight excluding hydrogens is 200 g/mol. The molecule has 0 aliphatic carbocycles. The van der Waals surface area contributed by atoms with Gasteiger partial charge in [0.15, 0.2) is 6.61 Å². The van der Waals surface area contributed by atoms with Gasteiger partial charge in [0.1, 0.15) is 11.8 Å². The highest BCUT2D eigenvalue weighted by Crippen LogP contribution is 2.18. The Morgan fingerprint density at radius 3 is 3.00 bits per heavy atom. The van der Waals surface area contributed by atoms with Crippen LogP contribution in [0.2, 0.25) is 0 Å². The molecule has 0 heterocycles. The zero-order valence-corrected chi connectivity index (χ0v) is 9.86. The van der Waals surface area contributed by atoms with E-state index < -0.39 is 0 Å². The molecule has 0 aliphatic rings. The first-order valence-corrected chi connectivity index (χ1v) is 5.62. The highest BCUT2D eigenvalue weighted by atomic mass is 16.5. The van der Waals surface area contributed by atoms with Gasteiger partial charge in [-0.1, -0.05) is 19.4 Å². The SMILES string of the molecule is CCCC(C)Nc1cccc(OCC#N)c1. The molecule has 0 bridgehead atoms. The van der Waals surface area contributed by atoms with Gasteiger partial charge >= 0.3 is 0 Å². The number of hydrogen-bond acceptors (Lipinski definition) is 3. The first kappa shape index (κ1) is 12.4. The molecule has 86 valence electrons. The van der Waals surface area contributed by atoms with E-state index in [-0.39, 0.29) is 6.61 Å². The van der Waals surface area contributed by atoms with E-state index in [1.807, 2.05) is 30.3 Å². The predicted molar refractivity (Wildman–Crippen MR) is 65.5 cm³/mol. The number of nitriles is 1. The van der Waals surface area contributed by atoms with Crippen molar-refractivity contribution in [1.82, 2.24) is 0 Å². The van der Waals surface area contributed by atoms with Crippen LogP contribution in [0.4, 0.5) is 5.69 Å². The lowest BCUT2D eigenvalue weighted by molar-refractivity contribution is 0.368. The molecule has 1 N–H and O–H groups in total. The second-order valence-electron chi connectivity index (χ2n) is 3.81. The molecule has 0 fully saturated rings. The second-order valence-corrected chi connectivity index (χ2v) is 3.81. The summed E-state index contributed by atoms with van der Waals surface area (Å²) < 4.78 is 5.24. The molecule has 1 aromatic rings. The smallest absolute Gasteiger partial charge is 0.174 e. The third-order valence-electron chi connectivity index (χ3n) is 2.27. The molecule has 1 rings (SSSR count). The minimum absolute atomic E-state index is 0.0912. The summed E-state index contributed by atoms with van der Waals surface area (Å²) in [5.74, 6) is 0.732. The van der Waals surface area contributed by atoms with E-state index in [9.17, 15) is 0 Å². The Morgan fingerprint density at radius 2 is 2.31 bits per heavy atom. The van der Waals surface area contributed by atoms with Crippen LogP contribution >= 0.6 is 0 Å². The van der Waals surface area contributed by atoms with E-state index in [1.54, 1.807) is 0 Å². The van der Waals surface area contributed by atoms with Gasteiger partial charge in [0.05, 0.1) is 0 Å². The van der Waals surface area contributed by atoms with Gasteiger partial charge in [-0.25, -0.2) is 0 Å². The van der Waals surface area contributed by atoms with E-state index in [2.05, 4.69) is 19.2 Å². The second kappa shape index (κ2) is 6.73. The van der Waals surface area contributed by atoms with E-state index in [0.717, 1.165) is 17.9 Å². The average molecular weight is 218 g/mol. The molecule has 1 atom stereocenters. The molecule has 1 aromatic carbocycles. The highest BCUT2D eigenvalue weighted by molar-refractivity contribution is 5.48. The standard InChI is InChI=1S/C13H18N2O/c1-3-5-11(2)15-12-6-4-7-13(10-12)16-9-8-14/h4,6-7,10-11,15H,3,5,9H2,1-2H3. The molecule has 16 heavy (non-hydrogen) atoms. The van der Waals surface area contributed by atoms with Crippen molar-refractivity contribution in [3.63, 3.8) is 0 Å². The Labute approximate surface area is 97.0 Å². The summed E-state index contributed by atoms with van der Waals surface area (Å²) in [6, 6.07) is 10.1. The number of rotatable bonds is 6. The molecule has 0 saturated carbocycles. The maximum atomic E-state index is 8.42. The van der Waals surface area contributed by atoms with Gasteiger partial charge in [-0.3, -0.25) is 0 Å². The topological polar surface area (TPSA) is 45.0 Å². The Morgan fingerprint density at radius 1 is 1.50 bits per heavy atom. The van der Waals surface area contributed by atoms with E-state index >= 15 is 0 Å². The number of nitrogens with zero attached hydrogens (tertiary/aromatic N) is 1. The fourth-order valence-corrected chi connectivity index (χ4v) is 1.58. The fourth-order valence-electron chi connectivity index (χ4n) is 1.58. The van der Waals surface area contributed by atoms with Crippen molar-refractivity contribution in [2.75, 3.05) is 11.9 Å². The Balaban J connectivity index is 2.57. The zero-order chi connectivity index (χ0) is 11.8. The van der Waals surface area contributed by atoms with Gasteiger partial charge in [-0.15, -0.1) is 0 Å². The minimum atomic E-state index is 0.0912. The van der Waals surface area contributed by atoms with Crippen molar-refractivity contribution < 1.29 is 4.74 Å². The quantitative estimate of drug-likeness (QED) is 0.797. The summed E-state index contributed by atoms with van der Waals surface area (Å²) in [4.78, 5) is 0. The van der Waals surface area contributed by atoms with E-state index in [0.29, 0.717) is 6.04 Å². The molecule has 0 spiro atoms. The number of benzene rings is 1. The van der Waals surface area contributed by atoms with E-state index in [4.69, 9.17) is 10.00 Å². The lowest BCUT2D eigenvalue weighted by Crippen LogP contribution is -2.14. The Hall–Kier alpha value is -1.69. The summed E-state index contributed by atoms with van der Waals surface area (Å²) in [6.45, 7) is 4.42. The minimum Gasteiger partial charge on any atom is -0.479 e. The maximum absolute atomic E-state index is 8.42. The molecule has 3 nitrogen and oxygen atoms in total. The summed E-state index contributed by atoms with van der Waals surface area (Å²) >= 11 is 0. The van der Waals surface area contributed by atoms with Crippen molar-refractivity contribution in [3.8, 4) is 11.8 Å². The van der Waals surface area contributed by atoms with Crippen LogP contribution in [0.3, 0.4) is 0 Å². The molecular formula is C13H18N2O. The summed E-state index contributed by atoms with van der Waals surface area (Å²) in [5.41, 5.74) is 1.04. The number of anilines is 1. The van der Waals surface area contributed by atoms with Crippen LogP contribution in [0.15, 0.2) is 24.3 Å². The van der Waals surface area contributed by atoms with Crippen LogP contribution in [-0.4, -0.2) is 12.6 Å². The lowest BCUT2D eigenvalue weighted by Gasteiger charge is -2.14. The molecule has 1 unspecified atom stereocenters. The first-order valence-electron chi connectivity index (χ1n) is 5.62. The van der Waals surface area contributed by atoms with Crippen molar-refractivity contribution in [1.29, 1.82) is 5.26 Å². The van der Waals surface area contributed by atoms with E-state index in [1.165, 1.54) is 6.42 Å². The van der Waals surface area contributed by atoms with Crippen LogP contribution in [0, 0.1) is 11.3 Å². The van der Waals surface area contributed by atoms with Gasteiger partial charge < -0.3 is 10.1 Å². The maximum Gasteiger partial charge on any atom is 0.174 e.